The first kappa shape index (κ1) is 21.6. The third-order valence-corrected chi connectivity index (χ3v) is 7.73. The van der Waals surface area contributed by atoms with Gasteiger partial charge in [-0.3, -0.25) is 4.99 Å². The normalized spacial score (nSPS) is 16.8. The maximum absolute atomic E-state index is 13.3. The molecule has 0 amide bonds. The van der Waals surface area contributed by atoms with Gasteiger partial charge in [-0.15, -0.1) is 16.4 Å². The van der Waals surface area contributed by atoms with Gasteiger partial charge in [0.2, 0.25) is 5.69 Å². The van der Waals surface area contributed by atoms with E-state index in [9.17, 15) is 15.1 Å². The van der Waals surface area contributed by atoms with Crippen molar-refractivity contribution in [3.8, 4) is 16.8 Å². The molecule has 0 saturated carbocycles. The van der Waals surface area contributed by atoms with Crippen molar-refractivity contribution in [2.45, 2.75) is 25.2 Å². The van der Waals surface area contributed by atoms with Crippen LogP contribution < -0.4 is 4.73 Å². The quantitative estimate of drug-likeness (QED) is 0.320. The lowest BCUT2D eigenvalue weighted by Crippen LogP contribution is -2.34. The summed E-state index contributed by atoms with van der Waals surface area (Å²) < 4.78 is 2.48. The maximum atomic E-state index is 13.3. The highest BCUT2D eigenvalue weighted by atomic mass is 35.5. The van der Waals surface area contributed by atoms with Gasteiger partial charge >= 0.3 is 5.97 Å². The zero-order valence-electron chi connectivity index (χ0n) is 18.1. The Hall–Kier alpha value is -3.89. The summed E-state index contributed by atoms with van der Waals surface area (Å²) in [4.78, 5) is 17.0. The van der Waals surface area contributed by atoms with Crippen LogP contribution in [0.5, 0.6) is 0 Å². The van der Waals surface area contributed by atoms with Gasteiger partial charge in [0.15, 0.2) is 6.20 Å². The number of benzene rings is 1. The molecule has 3 aromatic heterocycles. The fraction of sp³-hybridized carbons (Fsp3) is 0.167. The zero-order chi connectivity index (χ0) is 24.1. The predicted molar refractivity (Wildman–Crippen MR) is 131 cm³/mol. The first-order valence-electron chi connectivity index (χ1n) is 10.9. The van der Waals surface area contributed by atoms with Crippen molar-refractivity contribution < 1.29 is 14.6 Å². The lowest BCUT2D eigenvalue weighted by molar-refractivity contribution is -0.613. The van der Waals surface area contributed by atoms with Gasteiger partial charge in [-0.1, -0.05) is 11.6 Å². The Kier molecular flexibility index (Phi) is 5.19. The minimum absolute atomic E-state index is 0.0810. The van der Waals surface area contributed by atoms with E-state index in [1.165, 1.54) is 22.3 Å². The van der Waals surface area contributed by atoms with E-state index in [1.54, 1.807) is 30.6 Å². The number of aromatic nitrogens is 5. The third kappa shape index (κ3) is 3.80. The Morgan fingerprint density at radius 3 is 2.91 bits per heavy atom. The number of tetrazole rings is 1. The highest BCUT2D eigenvalue weighted by Gasteiger charge is 2.36. The summed E-state index contributed by atoms with van der Waals surface area (Å²) in [6.45, 7) is 0. The molecule has 1 unspecified atom stereocenters. The van der Waals surface area contributed by atoms with Gasteiger partial charge in [0, 0.05) is 44.9 Å². The Balaban J connectivity index is 1.30. The lowest BCUT2D eigenvalue weighted by atomic mass is 9.95. The molecule has 9 nitrogen and oxygen atoms in total. The third-order valence-electron chi connectivity index (χ3n) is 6.34. The topological polar surface area (TPSA) is 120 Å². The van der Waals surface area contributed by atoms with Crippen LogP contribution in [-0.4, -0.2) is 37.0 Å². The van der Waals surface area contributed by atoms with E-state index in [-0.39, 0.29) is 5.92 Å². The molecule has 1 atom stereocenters. The molecule has 0 radical (unpaired) electrons. The van der Waals surface area contributed by atoms with Crippen molar-refractivity contribution in [3.05, 3.63) is 86.4 Å². The Morgan fingerprint density at radius 2 is 2.14 bits per heavy atom. The van der Waals surface area contributed by atoms with Gasteiger partial charge in [-0.25, -0.2) is 4.79 Å². The summed E-state index contributed by atoms with van der Waals surface area (Å²) >= 11 is 7.52. The summed E-state index contributed by atoms with van der Waals surface area (Å²) in [7, 11) is 0. The predicted octanol–water partition coefficient (Wildman–Crippen LogP) is 4.29. The largest absolute Gasteiger partial charge is 0.618 e. The molecule has 0 bridgehead atoms. The summed E-state index contributed by atoms with van der Waals surface area (Å²) in [5.74, 6) is -1.01. The average molecular weight is 505 g/mol. The highest BCUT2D eigenvalue weighted by molar-refractivity contribution is 7.15. The number of fused-ring (bicyclic) bond motifs is 1. The van der Waals surface area contributed by atoms with Crippen LogP contribution in [0.2, 0.25) is 5.02 Å². The number of aryl methyl sites for hydroxylation is 1. The fourth-order valence-corrected chi connectivity index (χ4v) is 5.79. The molecule has 1 aliphatic heterocycles. The molecule has 0 fully saturated rings. The Bertz CT molecular complexity index is 1540. The molecule has 174 valence electrons. The van der Waals surface area contributed by atoms with E-state index < -0.39 is 5.97 Å². The van der Waals surface area contributed by atoms with E-state index in [0.717, 1.165) is 56.1 Å². The lowest BCUT2D eigenvalue weighted by Gasteiger charge is -2.14. The number of carboxylic acids is 1. The molecular formula is C24H17ClN6O3S. The van der Waals surface area contributed by atoms with Crippen molar-refractivity contribution in [3.63, 3.8) is 0 Å². The second kappa shape index (κ2) is 8.40. The number of thiophene rings is 1. The first-order valence-corrected chi connectivity index (χ1v) is 12.1. The van der Waals surface area contributed by atoms with E-state index in [1.807, 2.05) is 18.2 Å². The number of allylic oxidation sites excluding steroid dienone is 1. The molecule has 0 saturated heterocycles. The van der Waals surface area contributed by atoms with Gasteiger partial charge in [0.1, 0.15) is 11.2 Å². The van der Waals surface area contributed by atoms with Gasteiger partial charge in [0.05, 0.1) is 11.6 Å². The number of nitrogens with zero attached hydrogens (tertiary/aromatic N) is 6. The van der Waals surface area contributed by atoms with Crippen molar-refractivity contribution >= 4 is 40.2 Å². The molecule has 1 aromatic carbocycles. The van der Waals surface area contributed by atoms with Crippen LogP contribution >= 0.6 is 22.9 Å². The second-order valence-electron chi connectivity index (χ2n) is 8.39. The zero-order valence-corrected chi connectivity index (χ0v) is 19.7. The molecule has 35 heavy (non-hydrogen) atoms. The van der Waals surface area contributed by atoms with Crippen LogP contribution in [0.4, 0.5) is 0 Å². The van der Waals surface area contributed by atoms with Crippen molar-refractivity contribution in [2.75, 3.05) is 0 Å². The molecule has 11 heteroatoms. The van der Waals surface area contributed by atoms with Crippen LogP contribution in [0.1, 0.15) is 44.6 Å². The highest BCUT2D eigenvalue weighted by Crippen LogP contribution is 2.40. The fourth-order valence-electron chi connectivity index (χ4n) is 4.77. The monoisotopic (exact) mass is 504 g/mol. The van der Waals surface area contributed by atoms with E-state index in [0.29, 0.717) is 22.0 Å². The van der Waals surface area contributed by atoms with Gasteiger partial charge in [-0.05, 0) is 65.2 Å². The van der Waals surface area contributed by atoms with Gasteiger partial charge < -0.3 is 10.3 Å². The summed E-state index contributed by atoms with van der Waals surface area (Å²) in [6.07, 6.45) is 7.01. The molecule has 2 aliphatic rings. The van der Waals surface area contributed by atoms with Crippen molar-refractivity contribution in [1.29, 1.82) is 0 Å². The number of aromatic carboxylic acids is 1. The Morgan fingerprint density at radius 1 is 1.26 bits per heavy atom. The number of pyridine rings is 1. The minimum Gasteiger partial charge on any atom is -0.618 e. The van der Waals surface area contributed by atoms with E-state index in [4.69, 9.17) is 11.6 Å². The number of hydrogen-bond acceptors (Lipinski definition) is 7. The van der Waals surface area contributed by atoms with Crippen LogP contribution in [0.3, 0.4) is 0 Å². The molecule has 1 aliphatic carbocycles. The standard InChI is InChI=1S/C24H17ClN6O3S/c25-16-2-4-20(30-12-27-28-29-30)18(9-16)15-7-13-1-3-17(23(13)31(34)11-15)19-8-14(10-26-19)21-5-6-22(35-21)24(32)33/h2,4-7,9-12,17H,1,3,8H2,(H,32,33). The Labute approximate surface area is 208 Å². The maximum Gasteiger partial charge on any atom is 0.345 e. The van der Waals surface area contributed by atoms with Crippen LogP contribution in [-0.2, 0) is 6.42 Å². The van der Waals surface area contributed by atoms with Crippen LogP contribution in [0.25, 0.3) is 22.4 Å². The number of carboxylic acid groups (broad SMARTS) is 1. The number of rotatable bonds is 5. The van der Waals surface area contributed by atoms with Gasteiger partial charge in [-0.2, -0.15) is 9.41 Å². The number of aliphatic imine (C=N–C) groups is 1. The summed E-state index contributed by atoms with van der Waals surface area (Å²) in [6, 6.07) is 10.8. The first-order chi connectivity index (χ1) is 17.0. The number of halogens is 1. The molecular weight excluding hydrogens is 488 g/mol. The smallest absolute Gasteiger partial charge is 0.345 e. The van der Waals surface area contributed by atoms with Crippen molar-refractivity contribution in [2.24, 2.45) is 4.99 Å². The molecule has 0 spiro atoms. The van der Waals surface area contributed by atoms with Gasteiger partial charge in [0.25, 0.3) is 0 Å². The van der Waals surface area contributed by atoms with Crippen LogP contribution in [0, 0.1) is 5.21 Å². The molecule has 4 aromatic rings. The molecule has 1 N–H and O–H groups in total. The average Bonchev–Trinajstić information content (AvgIpc) is 3.64. The molecule has 6 rings (SSSR count). The van der Waals surface area contributed by atoms with Crippen molar-refractivity contribution in [1.82, 2.24) is 20.2 Å². The van der Waals surface area contributed by atoms with E-state index in [2.05, 4.69) is 20.5 Å². The summed E-state index contributed by atoms with van der Waals surface area (Å²) in [5.41, 5.74) is 5.81. The van der Waals surface area contributed by atoms with Crippen LogP contribution in [0.15, 0.2) is 60.1 Å². The minimum atomic E-state index is -0.933. The number of carbonyl (C=O) groups is 1. The second-order valence-corrected chi connectivity index (χ2v) is 9.91. The summed E-state index contributed by atoms with van der Waals surface area (Å²) in [5, 5.41) is 34.4. The SMILES string of the molecule is O=C(O)c1ccc(C2=CN=C(C3CCc4cc(-c5cc(Cl)ccc5-n5cnnn5)c[n+]([O-])c43)C2)s1. The molecule has 4 heterocycles. The number of hydrogen-bond donors (Lipinski definition) is 1. The van der Waals surface area contributed by atoms with E-state index >= 15 is 0 Å².